The fourth-order valence-corrected chi connectivity index (χ4v) is 4.63. The van der Waals surface area contributed by atoms with Crippen molar-refractivity contribution in [1.29, 1.82) is 5.26 Å². The maximum atomic E-state index is 13.7. The van der Waals surface area contributed by atoms with E-state index >= 15 is 0 Å². The average molecular weight is 408 g/mol. The summed E-state index contributed by atoms with van der Waals surface area (Å²) in [6, 6.07) is 6.57. The van der Waals surface area contributed by atoms with Gasteiger partial charge in [-0.05, 0) is 43.0 Å². The van der Waals surface area contributed by atoms with Gasteiger partial charge >= 0.3 is 0 Å². The van der Waals surface area contributed by atoms with E-state index in [1.807, 2.05) is 11.0 Å². The molecule has 1 amide bonds. The molecule has 5 rings (SSSR count). The number of halogens is 2. The van der Waals surface area contributed by atoms with Gasteiger partial charge < -0.3 is 4.90 Å². The molecule has 1 aromatic heterocycles. The summed E-state index contributed by atoms with van der Waals surface area (Å²) in [6.07, 6.45) is 3.75. The van der Waals surface area contributed by atoms with Gasteiger partial charge in [0.1, 0.15) is 34.8 Å². The van der Waals surface area contributed by atoms with Gasteiger partial charge in [0, 0.05) is 31.8 Å². The van der Waals surface area contributed by atoms with Gasteiger partial charge in [-0.15, -0.1) is 0 Å². The summed E-state index contributed by atoms with van der Waals surface area (Å²) in [5.41, 5.74) is -0.0889. The van der Waals surface area contributed by atoms with Crippen LogP contribution in [0, 0.1) is 23.0 Å². The largest absolute Gasteiger partial charge is 0.341 e. The second-order valence-electron chi connectivity index (χ2n) is 7.83. The molecule has 1 atom stereocenters. The summed E-state index contributed by atoms with van der Waals surface area (Å²) in [5, 5.41) is 9.03. The monoisotopic (exact) mass is 408 g/mol. The first-order valence-corrected chi connectivity index (χ1v) is 9.86. The van der Waals surface area contributed by atoms with Gasteiger partial charge in [0.05, 0.1) is 6.04 Å². The molecule has 3 aliphatic rings. The third-order valence-electron chi connectivity index (χ3n) is 6.09. The van der Waals surface area contributed by atoms with Crippen molar-refractivity contribution in [2.24, 2.45) is 4.99 Å². The quantitative estimate of drug-likeness (QED) is 0.763. The molecule has 2 aromatic rings. The third-order valence-corrected chi connectivity index (χ3v) is 6.09. The van der Waals surface area contributed by atoms with Gasteiger partial charge in [0.2, 0.25) is 5.95 Å². The normalized spacial score (nSPS) is 22.2. The zero-order valence-corrected chi connectivity index (χ0v) is 16.1. The molecule has 0 radical (unpaired) electrons. The first-order chi connectivity index (χ1) is 14.5. The Labute approximate surface area is 171 Å². The highest BCUT2D eigenvalue weighted by atomic mass is 19.1. The molecule has 2 fully saturated rings. The Bertz CT molecular complexity index is 1080. The van der Waals surface area contributed by atoms with E-state index < -0.39 is 23.2 Å². The van der Waals surface area contributed by atoms with Gasteiger partial charge in [-0.25, -0.2) is 18.7 Å². The molecule has 30 heavy (non-hydrogen) atoms. The second-order valence-corrected chi connectivity index (χ2v) is 7.83. The first-order valence-electron chi connectivity index (χ1n) is 9.86. The minimum absolute atomic E-state index is 0.101. The van der Waals surface area contributed by atoms with Gasteiger partial charge in [0.15, 0.2) is 0 Å². The molecule has 0 unspecified atom stereocenters. The zero-order valence-electron chi connectivity index (χ0n) is 16.1. The molecule has 1 spiro atoms. The van der Waals surface area contributed by atoms with E-state index in [0.29, 0.717) is 61.8 Å². The zero-order chi connectivity index (χ0) is 20.9. The summed E-state index contributed by atoms with van der Waals surface area (Å²) < 4.78 is 27.4. The number of rotatable bonds is 2. The number of amides is 1. The van der Waals surface area contributed by atoms with Gasteiger partial charge in [-0.2, -0.15) is 5.26 Å². The van der Waals surface area contributed by atoms with Crippen molar-refractivity contribution in [3.63, 3.8) is 0 Å². The molecular formula is C21H18F2N6O. The molecule has 0 bridgehead atoms. The topological polar surface area (TPSA) is 85.5 Å². The fourth-order valence-electron chi connectivity index (χ4n) is 4.63. The lowest BCUT2D eigenvalue weighted by Crippen LogP contribution is -2.50. The molecule has 0 aliphatic carbocycles. The molecule has 1 aromatic carbocycles. The van der Waals surface area contributed by atoms with E-state index in [9.17, 15) is 13.6 Å². The number of nitrogens with zero attached hydrogens (tertiary/aromatic N) is 6. The molecule has 4 heterocycles. The minimum atomic E-state index is -0.844. The number of aromatic nitrogens is 2. The van der Waals surface area contributed by atoms with E-state index in [0.717, 1.165) is 6.07 Å². The summed E-state index contributed by atoms with van der Waals surface area (Å²) in [7, 11) is 0. The van der Waals surface area contributed by atoms with Crippen LogP contribution in [0.25, 0.3) is 0 Å². The molecule has 9 heteroatoms. The van der Waals surface area contributed by atoms with Gasteiger partial charge in [-0.1, -0.05) is 0 Å². The summed E-state index contributed by atoms with van der Waals surface area (Å²) in [4.78, 5) is 30.2. The van der Waals surface area contributed by atoms with Crippen LogP contribution in [0.2, 0.25) is 0 Å². The predicted octanol–water partition coefficient (Wildman–Crippen LogP) is 2.74. The van der Waals surface area contributed by atoms with Crippen LogP contribution in [0.4, 0.5) is 14.7 Å². The highest BCUT2D eigenvalue weighted by Gasteiger charge is 2.53. The van der Waals surface area contributed by atoms with E-state index in [-0.39, 0.29) is 5.91 Å². The van der Waals surface area contributed by atoms with E-state index in [2.05, 4.69) is 9.97 Å². The molecule has 7 nitrogen and oxygen atoms in total. The Hall–Kier alpha value is -3.41. The van der Waals surface area contributed by atoms with Gasteiger partial charge in [0.25, 0.3) is 5.91 Å². The Morgan fingerprint density at radius 2 is 1.90 bits per heavy atom. The number of anilines is 1. The number of fused-ring (bicyclic) bond motifs is 1. The molecular weight excluding hydrogens is 390 g/mol. The molecule has 3 aliphatic heterocycles. The standard InChI is InChI=1S/C21H18F2N6O/c22-14-9-13(10-15(23)11-14)17-1-2-18-27-21(19(30)29(17)18)4-7-28(8-5-21)20-25-6-3-16(12-24)26-20/h3,6,9-11,17H,1-2,4-5,7-8H2/t17-/m0/s1. The Morgan fingerprint density at radius 3 is 2.60 bits per heavy atom. The third kappa shape index (κ3) is 2.91. The predicted molar refractivity (Wildman–Crippen MR) is 104 cm³/mol. The van der Waals surface area contributed by atoms with Crippen LogP contribution < -0.4 is 4.90 Å². The van der Waals surface area contributed by atoms with Crippen LogP contribution >= 0.6 is 0 Å². The summed E-state index contributed by atoms with van der Waals surface area (Å²) in [6.45, 7) is 1.06. The van der Waals surface area contributed by atoms with Crippen molar-refractivity contribution in [3.05, 3.63) is 53.4 Å². The van der Waals surface area contributed by atoms with Crippen molar-refractivity contribution in [2.45, 2.75) is 37.3 Å². The lowest BCUT2D eigenvalue weighted by Gasteiger charge is -2.37. The number of piperidine rings is 1. The number of hydrogen-bond acceptors (Lipinski definition) is 6. The highest BCUT2D eigenvalue weighted by molar-refractivity contribution is 6.10. The molecule has 0 saturated carbocycles. The Balaban J connectivity index is 1.36. The number of nitriles is 1. The van der Waals surface area contributed by atoms with Crippen LogP contribution in [0.15, 0.2) is 35.5 Å². The summed E-state index contributed by atoms with van der Waals surface area (Å²) >= 11 is 0. The van der Waals surface area contributed by atoms with Crippen molar-refractivity contribution < 1.29 is 13.6 Å². The van der Waals surface area contributed by atoms with Crippen LogP contribution in [0.1, 0.15) is 43.0 Å². The molecule has 0 N–H and O–H groups in total. The highest BCUT2D eigenvalue weighted by Crippen LogP contribution is 2.44. The lowest BCUT2D eigenvalue weighted by molar-refractivity contribution is -0.133. The SMILES string of the molecule is N#Cc1ccnc(N2CCC3(CC2)N=C2CC[C@@H](c4cc(F)cc(F)c4)N2C3=O)n1. The average Bonchev–Trinajstić information content (AvgIpc) is 3.26. The van der Waals surface area contributed by atoms with Crippen LogP contribution in [0.3, 0.4) is 0 Å². The Morgan fingerprint density at radius 1 is 1.17 bits per heavy atom. The number of aliphatic imine (C=N–C) groups is 1. The molecule has 2 saturated heterocycles. The number of amidine groups is 1. The van der Waals surface area contributed by atoms with Crippen LogP contribution in [-0.2, 0) is 4.79 Å². The van der Waals surface area contributed by atoms with Crippen LogP contribution in [0.5, 0.6) is 0 Å². The van der Waals surface area contributed by atoms with E-state index in [4.69, 9.17) is 10.3 Å². The number of benzene rings is 1. The fraction of sp³-hybridized carbons (Fsp3) is 0.381. The van der Waals surface area contributed by atoms with Crippen LogP contribution in [-0.4, -0.2) is 45.2 Å². The van der Waals surface area contributed by atoms with Crippen molar-refractivity contribution >= 4 is 17.7 Å². The van der Waals surface area contributed by atoms with Crippen molar-refractivity contribution in [3.8, 4) is 6.07 Å². The minimum Gasteiger partial charge on any atom is -0.341 e. The second kappa shape index (κ2) is 6.83. The first kappa shape index (κ1) is 18.6. The van der Waals surface area contributed by atoms with Crippen molar-refractivity contribution in [2.75, 3.05) is 18.0 Å². The lowest BCUT2D eigenvalue weighted by atomic mass is 9.87. The van der Waals surface area contributed by atoms with Crippen molar-refractivity contribution in [1.82, 2.24) is 14.9 Å². The number of carbonyl (C=O) groups is 1. The maximum Gasteiger partial charge on any atom is 0.256 e. The van der Waals surface area contributed by atoms with Gasteiger partial charge in [-0.3, -0.25) is 14.7 Å². The van der Waals surface area contributed by atoms with E-state index in [1.165, 1.54) is 12.1 Å². The molecule has 152 valence electrons. The smallest absolute Gasteiger partial charge is 0.256 e. The number of hydrogen-bond donors (Lipinski definition) is 0. The Kier molecular flexibility index (Phi) is 4.24. The summed E-state index contributed by atoms with van der Waals surface area (Å²) in [5.74, 6) is -0.230. The number of carbonyl (C=O) groups excluding carboxylic acids is 1. The maximum absolute atomic E-state index is 13.7. The van der Waals surface area contributed by atoms with E-state index in [1.54, 1.807) is 17.2 Å².